The van der Waals surface area contributed by atoms with E-state index in [1.54, 1.807) is 6.07 Å². The van der Waals surface area contributed by atoms with Gasteiger partial charge in [0.05, 0.1) is 32.5 Å². The largest absolute Gasteiger partial charge is 0.495 e. The molecule has 1 aromatic carbocycles. The first-order valence-corrected chi connectivity index (χ1v) is 7.12. The molecule has 1 aromatic heterocycles. The van der Waals surface area contributed by atoms with E-state index in [9.17, 15) is 4.79 Å². The monoisotopic (exact) mass is 342 g/mol. The smallest absolute Gasteiger partial charge is 0.205 e. The number of rotatable bonds is 6. The molecule has 108 valence electrons. The standard InChI is InChI=1S/C14H15BrO5/c1-8(16)10-11(17-2)9-4-6-19-12(9)14(18-3)13(10)20-7-5-15/h4,6H,5,7H2,1-3H3. The third-order valence-corrected chi connectivity index (χ3v) is 3.18. The van der Waals surface area contributed by atoms with Crippen molar-refractivity contribution < 1.29 is 23.4 Å². The molecule has 2 aromatic rings. The molecule has 0 aliphatic rings. The first-order valence-electron chi connectivity index (χ1n) is 6.00. The molecule has 0 spiro atoms. The van der Waals surface area contributed by atoms with Gasteiger partial charge in [-0.2, -0.15) is 0 Å². The van der Waals surface area contributed by atoms with Gasteiger partial charge < -0.3 is 18.6 Å². The molecule has 0 N–H and O–H groups in total. The van der Waals surface area contributed by atoms with E-state index in [4.69, 9.17) is 18.6 Å². The predicted octanol–water partition coefficient (Wildman–Crippen LogP) is 3.43. The topological polar surface area (TPSA) is 57.9 Å². The molecule has 0 saturated carbocycles. The summed E-state index contributed by atoms with van der Waals surface area (Å²) in [5.41, 5.74) is 0.859. The first kappa shape index (κ1) is 14.7. The van der Waals surface area contributed by atoms with Crippen molar-refractivity contribution in [2.45, 2.75) is 6.92 Å². The van der Waals surface area contributed by atoms with Crippen molar-refractivity contribution in [1.29, 1.82) is 0 Å². The fourth-order valence-electron chi connectivity index (χ4n) is 2.11. The van der Waals surface area contributed by atoms with Gasteiger partial charge in [0, 0.05) is 5.33 Å². The number of halogens is 1. The lowest BCUT2D eigenvalue weighted by atomic mass is 10.0. The second-order valence-electron chi connectivity index (χ2n) is 4.03. The van der Waals surface area contributed by atoms with Crippen molar-refractivity contribution in [3.05, 3.63) is 17.9 Å². The van der Waals surface area contributed by atoms with E-state index in [1.165, 1.54) is 27.4 Å². The third-order valence-electron chi connectivity index (χ3n) is 2.86. The summed E-state index contributed by atoms with van der Waals surface area (Å²) in [6.45, 7) is 1.86. The van der Waals surface area contributed by atoms with Crippen molar-refractivity contribution in [1.82, 2.24) is 0 Å². The Morgan fingerprint density at radius 1 is 1.25 bits per heavy atom. The number of benzene rings is 1. The molecule has 0 bridgehead atoms. The number of hydrogen-bond acceptors (Lipinski definition) is 5. The van der Waals surface area contributed by atoms with Gasteiger partial charge >= 0.3 is 0 Å². The van der Waals surface area contributed by atoms with Crippen LogP contribution in [0.15, 0.2) is 16.7 Å². The zero-order valence-corrected chi connectivity index (χ0v) is 13.1. The normalized spacial score (nSPS) is 10.6. The Bertz CT molecular complexity index is 632. The molecule has 0 aliphatic heterocycles. The van der Waals surface area contributed by atoms with Crippen molar-refractivity contribution in [3.63, 3.8) is 0 Å². The minimum absolute atomic E-state index is 0.159. The molecule has 5 nitrogen and oxygen atoms in total. The summed E-state index contributed by atoms with van der Waals surface area (Å²) in [6.07, 6.45) is 1.52. The van der Waals surface area contributed by atoms with Crippen LogP contribution in [-0.2, 0) is 0 Å². The zero-order valence-electron chi connectivity index (χ0n) is 11.5. The van der Waals surface area contributed by atoms with E-state index in [0.717, 1.165) is 0 Å². The molecule has 0 atom stereocenters. The van der Waals surface area contributed by atoms with Crippen LogP contribution < -0.4 is 14.2 Å². The Morgan fingerprint density at radius 2 is 1.95 bits per heavy atom. The fourth-order valence-corrected chi connectivity index (χ4v) is 2.28. The van der Waals surface area contributed by atoms with Crippen LogP contribution in [0.5, 0.6) is 17.2 Å². The Kier molecular flexibility index (Phi) is 4.54. The average Bonchev–Trinajstić information content (AvgIpc) is 2.91. The van der Waals surface area contributed by atoms with E-state index >= 15 is 0 Å². The average molecular weight is 343 g/mol. The number of hydrogen-bond donors (Lipinski definition) is 0. The highest BCUT2D eigenvalue weighted by atomic mass is 79.9. The molecule has 20 heavy (non-hydrogen) atoms. The van der Waals surface area contributed by atoms with Gasteiger partial charge in [-0.25, -0.2) is 0 Å². The number of carbonyl (C=O) groups excluding carboxylic acids is 1. The van der Waals surface area contributed by atoms with Crippen LogP contribution in [0.3, 0.4) is 0 Å². The molecule has 0 unspecified atom stereocenters. The summed E-state index contributed by atoms with van der Waals surface area (Å²) in [5, 5.41) is 1.31. The Balaban J connectivity index is 2.82. The molecule has 0 radical (unpaired) electrons. The number of fused-ring (bicyclic) bond motifs is 1. The Hall–Kier alpha value is -1.69. The van der Waals surface area contributed by atoms with Crippen molar-refractivity contribution in [3.8, 4) is 17.2 Å². The zero-order chi connectivity index (χ0) is 14.7. The predicted molar refractivity (Wildman–Crippen MR) is 78.6 cm³/mol. The highest BCUT2D eigenvalue weighted by molar-refractivity contribution is 9.09. The van der Waals surface area contributed by atoms with Gasteiger partial charge in [-0.05, 0) is 13.0 Å². The van der Waals surface area contributed by atoms with Gasteiger partial charge in [0.15, 0.2) is 17.1 Å². The van der Waals surface area contributed by atoms with Gasteiger partial charge in [0.25, 0.3) is 0 Å². The molecule has 6 heteroatoms. The summed E-state index contributed by atoms with van der Waals surface area (Å²) in [4.78, 5) is 12.0. The quantitative estimate of drug-likeness (QED) is 0.594. The van der Waals surface area contributed by atoms with Gasteiger partial charge in [-0.15, -0.1) is 0 Å². The summed E-state index contributed by atoms with van der Waals surface area (Å²) in [7, 11) is 3.02. The number of ketones is 1. The fraction of sp³-hybridized carbons (Fsp3) is 0.357. The Labute approximate surface area is 124 Å². The third kappa shape index (κ3) is 2.35. The van der Waals surface area contributed by atoms with E-state index in [0.29, 0.717) is 45.7 Å². The second kappa shape index (κ2) is 6.17. The summed E-state index contributed by atoms with van der Waals surface area (Å²) in [6, 6.07) is 1.73. The lowest BCUT2D eigenvalue weighted by Gasteiger charge is -2.16. The molecule has 2 rings (SSSR count). The maximum Gasteiger partial charge on any atom is 0.205 e. The summed E-state index contributed by atoms with van der Waals surface area (Å²) < 4.78 is 21.8. The molecule has 0 saturated heterocycles. The number of Topliss-reactive ketones (excluding diaryl/α,β-unsaturated/α-hetero) is 1. The summed E-state index contributed by atoms with van der Waals surface area (Å²) in [5.74, 6) is 1.02. The Morgan fingerprint density at radius 3 is 2.50 bits per heavy atom. The number of carbonyl (C=O) groups is 1. The van der Waals surface area contributed by atoms with Gasteiger partial charge in [0.1, 0.15) is 11.3 Å². The number of furan rings is 1. The van der Waals surface area contributed by atoms with Crippen LogP contribution in [-0.4, -0.2) is 31.9 Å². The number of ether oxygens (including phenoxy) is 3. The van der Waals surface area contributed by atoms with Crippen LogP contribution in [0.25, 0.3) is 11.0 Å². The van der Waals surface area contributed by atoms with Gasteiger partial charge in [0.2, 0.25) is 5.75 Å². The second-order valence-corrected chi connectivity index (χ2v) is 4.82. The molecule has 0 fully saturated rings. The lowest BCUT2D eigenvalue weighted by molar-refractivity contribution is 0.101. The number of alkyl halides is 1. The van der Waals surface area contributed by atoms with Crippen molar-refractivity contribution >= 4 is 32.7 Å². The molecule has 0 amide bonds. The summed E-state index contributed by atoms with van der Waals surface area (Å²) >= 11 is 3.29. The van der Waals surface area contributed by atoms with Crippen LogP contribution in [0.1, 0.15) is 17.3 Å². The SMILES string of the molecule is COc1c(C(C)=O)c(OCCBr)c(OC)c2occc12. The minimum Gasteiger partial charge on any atom is -0.495 e. The van der Waals surface area contributed by atoms with Crippen LogP contribution >= 0.6 is 15.9 Å². The highest BCUT2D eigenvalue weighted by Gasteiger charge is 2.26. The molecule has 1 heterocycles. The lowest BCUT2D eigenvalue weighted by Crippen LogP contribution is -2.08. The van der Waals surface area contributed by atoms with Crippen LogP contribution in [0, 0.1) is 0 Å². The van der Waals surface area contributed by atoms with Crippen LogP contribution in [0.4, 0.5) is 0 Å². The van der Waals surface area contributed by atoms with Gasteiger partial charge in [-0.1, -0.05) is 15.9 Å². The first-order chi connectivity index (χ1) is 9.65. The number of methoxy groups -OCH3 is 2. The molecular weight excluding hydrogens is 328 g/mol. The van der Waals surface area contributed by atoms with E-state index < -0.39 is 0 Å². The van der Waals surface area contributed by atoms with Crippen molar-refractivity contribution in [2.24, 2.45) is 0 Å². The maximum absolute atomic E-state index is 12.0. The van der Waals surface area contributed by atoms with Crippen LogP contribution in [0.2, 0.25) is 0 Å². The maximum atomic E-state index is 12.0. The molecule has 0 aliphatic carbocycles. The molecular formula is C14H15BrO5. The van der Waals surface area contributed by atoms with E-state index in [2.05, 4.69) is 15.9 Å². The van der Waals surface area contributed by atoms with E-state index in [1.807, 2.05) is 0 Å². The van der Waals surface area contributed by atoms with Crippen molar-refractivity contribution in [2.75, 3.05) is 26.2 Å². The van der Waals surface area contributed by atoms with Gasteiger partial charge in [-0.3, -0.25) is 4.79 Å². The van der Waals surface area contributed by atoms with E-state index in [-0.39, 0.29) is 5.78 Å². The highest BCUT2D eigenvalue weighted by Crippen LogP contribution is 2.46. The minimum atomic E-state index is -0.159.